The lowest BCUT2D eigenvalue weighted by Gasteiger charge is -2.16. The topological polar surface area (TPSA) is 32.3 Å². The second-order valence-electron chi connectivity index (χ2n) is 3.76. The zero-order chi connectivity index (χ0) is 10.9. The molecule has 2 heteroatoms. The molecule has 0 amide bonds. The van der Waals surface area contributed by atoms with Crippen molar-refractivity contribution in [3.8, 4) is 0 Å². The Morgan fingerprint density at radius 3 is 2.53 bits per heavy atom. The normalized spacial score (nSPS) is 12.7. The Morgan fingerprint density at radius 1 is 1.20 bits per heavy atom. The van der Waals surface area contributed by atoms with Crippen LogP contribution in [0.4, 0.5) is 0 Å². The van der Waals surface area contributed by atoms with E-state index in [2.05, 4.69) is 36.5 Å². The molecule has 0 saturated carbocycles. The maximum Gasteiger partial charge on any atom is 0.0436 e. The molecule has 0 spiro atoms. The summed E-state index contributed by atoms with van der Waals surface area (Å²) >= 11 is 0. The number of nitrogens with one attached hydrogen (secondary N) is 1. The number of rotatable bonds is 7. The molecule has 2 nitrogen and oxygen atoms in total. The van der Waals surface area contributed by atoms with E-state index in [-0.39, 0.29) is 6.61 Å². The van der Waals surface area contributed by atoms with Crippen LogP contribution in [0.5, 0.6) is 0 Å². The van der Waals surface area contributed by atoms with Gasteiger partial charge in [0.15, 0.2) is 0 Å². The van der Waals surface area contributed by atoms with Crippen LogP contribution in [-0.2, 0) is 0 Å². The van der Waals surface area contributed by atoms with Crippen LogP contribution in [-0.4, -0.2) is 24.8 Å². The Bertz CT molecular complexity index is 248. The van der Waals surface area contributed by atoms with Crippen LogP contribution in [0.25, 0.3) is 0 Å². The van der Waals surface area contributed by atoms with Gasteiger partial charge in [-0.25, -0.2) is 0 Å². The first-order valence-corrected chi connectivity index (χ1v) is 5.75. The van der Waals surface area contributed by atoms with Crippen molar-refractivity contribution in [2.24, 2.45) is 0 Å². The molecule has 0 aromatic heterocycles. The van der Waals surface area contributed by atoms with Gasteiger partial charge < -0.3 is 10.4 Å². The summed E-state index contributed by atoms with van der Waals surface area (Å²) < 4.78 is 0. The molecule has 0 bridgehead atoms. The third kappa shape index (κ3) is 4.45. The van der Waals surface area contributed by atoms with Crippen molar-refractivity contribution in [3.05, 3.63) is 35.9 Å². The van der Waals surface area contributed by atoms with Crippen LogP contribution in [0.15, 0.2) is 30.3 Å². The van der Waals surface area contributed by atoms with Crippen LogP contribution < -0.4 is 5.32 Å². The lowest BCUT2D eigenvalue weighted by molar-refractivity contribution is 0.272. The summed E-state index contributed by atoms with van der Waals surface area (Å²) in [5.74, 6) is 0.482. The van der Waals surface area contributed by atoms with E-state index < -0.39 is 0 Å². The summed E-state index contributed by atoms with van der Waals surface area (Å²) in [6.45, 7) is 4.42. The molecule has 15 heavy (non-hydrogen) atoms. The average Bonchev–Trinajstić information content (AvgIpc) is 2.29. The van der Waals surface area contributed by atoms with E-state index in [1.54, 1.807) is 0 Å². The van der Waals surface area contributed by atoms with Gasteiger partial charge in [-0.3, -0.25) is 0 Å². The summed E-state index contributed by atoms with van der Waals surface area (Å²) in [5, 5.41) is 12.4. The fourth-order valence-electron chi connectivity index (χ4n) is 1.81. The van der Waals surface area contributed by atoms with Crippen molar-refractivity contribution in [1.29, 1.82) is 0 Å². The highest BCUT2D eigenvalue weighted by Crippen LogP contribution is 2.22. The Morgan fingerprint density at radius 2 is 1.93 bits per heavy atom. The molecular weight excluding hydrogens is 186 g/mol. The smallest absolute Gasteiger partial charge is 0.0436 e. The van der Waals surface area contributed by atoms with Gasteiger partial charge in [-0.15, -0.1) is 0 Å². The molecule has 1 aromatic rings. The molecule has 1 rings (SSSR count). The summed E-state index contributed by atoms with van der Waals surface area (Å²) in [4.78, 5) is 0. The van der Waals surface area contributed by atoms with E-state index in [0.29, 0.717) is 5.92 Å². The lowest BCUT2D eigenvalue weighted by Crippen LogP contribution is -2.17. The zero-order valence-corrected chi connectivity index (χ0v) is 9.45. The summed E-state index contributed by atoms with van der Waals surface area (Å²) in [7, 11) is 0. The van der Waals surface area contributed by atoms with E-state index in [9.17, 15) is 0 Å². The fraction of sp³-hybridized carbons (Fsp3) is 0.538. The van der Waals surface area contributed by atoms with E-state index in [4.69, 9.17) is 5.11 Å². The fourth-order valence-corrected chi connectivity index (χ4v) is 1.81. The average molecular weight is 207 g/mol. The number of hydrogen-bond donors (Lipinski definition) is 2. The number of aliphatic hydroxyl groups excluding tert-OH is 1. The predicted molar refractivity (Wildman–Crippen MR) is 64.0 cm³/mol. The molecule has 0 fully saturated rings. The molecule has 0 saturated heterocycles. The van der Waals surface area contributed by atoms with Crippen LogP contribution >= 0.6 is 0 Å². The predicted octanol–water partition coefficient (Wildman–Crippen LogP) is 2.15. The van der Waals surface area contributed by atoms with E-state index >= 15 is 0 Å². The minimum absolute atomic E-state index is 0.270. The van der Waals surface area contributed by atoms with E-state index in [1.807, 2.05) is 6.07 Å². The quantitative estimate of drug-likeness (QED) is 0.671. The van der Waals surface area contributed by atoms with Crippen molar-refractivity contribution in [3.63, 3.8) is 0 Å². The summed E-state index contributed by atoms with van der Waals surface area (Å²) in [5.41, 5.74) is 1.34. The third-order valence-electron chi connectivity index (χ3n) is 2.67. The van der Waals surface area contributed by atoms with Gasteiger partial charge in [0.1, 0.15) is 0 Å². The highest BCUT2D eigenvalue weighted by Gasteiger charge is 2.09. The van der Waals surface area contributed by atoms with Gasteiger partial charge in [0.25, 0.3) is 0 Å². The first kappa shape index (κ1) is 12.2. The largest absolute Gasteiger partial charge is 0.396 e. The van der Waals surface area contributed by atoms with Gasteiger partial charge >= 0.3 is 0 Å². The molecule has 0 radical (unpaired) electrons. The molecule has 0 aliphatic heterocycles. The molecule has 1 unspecified atom stereocenters. The van der Waals surface area contributed by atoms with Gasteiger partial charge in [-0.2, -0.15) is 0 Å². The molecular formula is C13H21NO. The van der Waals surface area contributed by atoms with Gasteiger partial charge in [0.2, 0.25) is 0 Å². The second-order valence-corrected chi connectivity index (χ2v) is 3.76. The monoisotopic (exact) mass is 207 g/mol. The molecule has 0 heterocycles. The van der Waals surface area contributed by atoms with Crippen LogP contribution in [0, 0.1) is 0 Å². The van der Waals surface area contributed by atoms with E-state index in [0.717, 1.165) is 25.9 Å². The Hall–Kier alpha value is -0.860. The molecule has 84 valence electrons. The Labute approximate surface area is 92.3 Å². The Kier molecular flexibility index (Phi) is 6.05. The molecule has 1 aromatic carbocycles. The highest BCUT2D eigenvalue weighted by atomic mass is 16.3. The van der Waals surface area contributed by atoms with Crippen LogP contribution in [0.1, 0.15) is 31.2 Å². The molecule has 0 aliphatic rings. The minimum atomic E-state index is 0.270. The maximum atomic E-state index is 9.03. The standard InChI is InChI=1S/C13H21NO/c1-2-14-10-8-13(9-11-15)12-6-4-3-5-7-12/h3-7,13-15H,2,8-11H2,1H3. The van der Waals surface area contributed by atoms with Gasteiger partial charge in [-0.1, -0.05) is 37.3 Å². The summed E-state index contributed by atoms with van der Waals surface area (Å²) in [6.07, 6.45) is 1.95. The number of hydrogen-bond acceptors (Lipinski definition) is 2. The first-order valence-electron chi connectivity index (χ1n) is 5.75. The van der Waals surface area contributed by atoms with Gasteiger partial charge in [-0.05, 0) is 37.4 Å². The third-order valence-corrected chi connectivity index (χ3v) is 2.67. The van der Waals surface area contributed by atoms with Crippen molar-refractivity contribution in [1.82, 2.24) is 5.32 Å². The van der Waals surface area contributed by atoms with Crippen LogP contribution in [0.3, 0.4) is 0 Å². The van der Waals surface area contributed by atoms with Gasteiger partial charge in [0, 0.05) is 6.61 Å². The van der Waals surface area contributed by atoms with Crippen LogP contribution in [0.2, 0.25) is 0 Å². The highest BCUT2D eigenvalue weighted by molar-refractivity contribution is 5.19. The first-order chi connectivity index (χ1) is 7.38. The minimum Gasteiger partial charge on any atom is -0.396 e. The van der Waals surface area contributed by atoms with Gasteiger partial charge in [0.05, 0.1) is 0 Å². The Balaban J connectivity index is 2.50. The maximum absolute atomic E-state index is 9.03. The SMILES string of the molecule is CCNCCC(CCO)c1ccccc1. The van der Waals surface area contributed by atoms with Crippen molar-refractivity contribution >= 4 is 0 Å². The zero-order valence-electron chi connectivity index (χ0n) is 9.45. The number of benzene rings is 1. The summed E-state index contributed by atoms with van der Waals surface area (Å²) in [6, 6.07) is 10.4. The van der Waals surface area contributed by atoms with Crippen molar-refractivity contribution in [2.75, 3.05) is 19.7 Å². The molecule has 0 aliphatic carbocycles. The second kappa shape index (κ2) is 7.43. The van der Waals surface area contributed by atoms with Crippen molar-refractivity contribution in [2.45, 2.75) is 25.7 Å². The number of aliphatic hydroxyl groups is 1. The van der Waals surface area contributed by atoms with Crippen molar-refractivity contribution < 1.29 is 5.11 Å². The lowest BCUT2D eigenvalue weighted by atomic mass is 9.93. The molecule has 2 N–H and O–H groups in total. The van der Waals surface area contributed by atoms with E-state index in [1.165, 1.54) is 5.56 Å². The molecule has 1 atom stereocenters.